The number of carbonyl (C=O) groups excluding carboxylic acids is 2. The van der Waals surface area contributed by atoms with Gasteiger partial charge >= 0.3 is 0 Å². The van der Waals surface area contributed by atoms with Crippen LogP contribution in [0.25, 0.3) is 0 Å². The van der Waals surface area contributed by atoms with Gasteiger partial charge in [0.15, 0.2) is 0 Å². The van der Waals surface area contributed by atoms with Crippen molar-refractivity contribution in [3.05, 3.63) is 24.3 Å². The number of rotatable bonds is 6. The van der Waals surface area contributed by atoms with Gasteiger partial charge in [0.25, 0.3) is 0 Å². The van der Waals surface area contributed by atoms with E-state index in [1.54, 1.807) is 6.07 Å². The van der Waals surface area contributed by atoms with Gasteiger partial charge in [-0.1, -0.05) is 33.8 Å². The number of anilines is 2. The van der Waals surface area contributed by atoms with Crippen LogP contribution in [0.15, 0.2) is 24.3 Å². The monoisotopic (exact) mass is 276 g/mol. The van der Waals surface area contributed by atoms with E-state index in [0.29, 0.717) is 11.4 Å². The Balaban J connectivity index is 2.73. The fourth-order valence-corrected chi connectivity index (χ4v) is 1.87. The molecule has 0 spiro atoms. The SMILES string of the molecule is CCC(CC)C(=O)Nc1cccc(NC(=O)C(C)C)c1. The quantitative estimate of drug-likeness (QED) is 0.833. The van der Waals surface area contributed by atoms with Crippen LogP contribution in [-0.4, -0.2) is 11.8 Å². The van der Waals surface area contributed by atoms with Crippen LogP contribution < -0.4 is 10.6 Å². The first-order valence-corrected chi connectivity index (χ1v) is 7.19. The molecule has 0 heterocycles. The maximum absolute atomic E-state index is 12.0. The summed E-state index contributed by atoms with van der Waals surface area (Å²) in [5.41, 5.74) is 1.41. The summed E-state index contributed by atoms with van der Waals surface area (Å²) in [7, 11) is 0. The third-order valence-electron chi connectivity index (χ3n) is 3.28. The highest BCUT2D eigenvalue weighted by Crippen LogP contribution is 2.18. The molecule has 1 aromatic carbocycles. The van der Waals surface area contributed by atoms with Crippen LogP contribution in [0.4, 0.5) is 11.4 Å². The van der Waals surface area contributed by atoms with Gasteiger partial charge in [-0.15, -0.1) is 0 Å². The lowest BCUT2D eigenvalue weighted by molar-refractivity contribution is -0.120. The summed E-state index contributed by atoms with van der Waals surface area (Å²) in [4.78, 5) is 23.7. The summed E-state index contributed by atoms with van der Waals surface area (Å²) in [5.74, 6) is -0.0440. The Morgan fingerprint density at radius 2 is 1.50 bits per heavy atom. The summed E-state index contributed by atoms with van der Waals surface area (Å²) in [5, 5.41) is 5.72. The fraction of sp³-hybridized carbons (Fsp3) is 0.500. The Bertz CT molecular complexity index is 465. The molecule has 0 unspecified atom stereocenters. The van der Waals surface area contributed by atoms with Gasteiger partial charge in [-0.2, -0.15) is 0 Å². The molecule has 4 heteroatoms. The van der Waals surface area contributed by atoms with Gasteiger partial charge in [0, 0.05) is 23.2 Å². The van der Waals surface area contributed by atoms with Crippen molar-refractivity contribution in [3.63, 3.8) is 0 Å². The van der Waals surface area contributed by atoms with Crippen LogP contribution in [-0.2, 0) is 9.59 Å². The van der Waals surface area contributed by atoms with E-state index in [-0.39, 0.29) is 23.7 Å². The summed E-state index contributed by atoms with van der Waals surface area (Å²) in [6.45, 7) is 7.70. The Kier molecular flexibility index (Phi) is 6.22. The third kappa shape index (κ3) is 4.68. The average molecular weight is 276 g/mol. The highest BCUT2D eigenvalue weighted by Gasteiger charge is 2.14. The molecule has 20 heavy (non-hydrogen) atoms. The number of amides is 2. The first kappa shape index (κ1) is 16.2. The molecular formula is C16H24N2O2. The van der Waals surface area contributed by atoms with E-state index in [1.165, 1.54) is 0 Å². The van der Waals surface area contributed by atoms with Crippen molar-refractivity contribution in [2.45, 2.75) is 40.5 Å². The fourth-order valence-electron chi connectivity index (χ4n) is 1.87. The molecule has 110 valence electrons. The number of benzene rings is 1. The number of nitrogens with one attached hydrogen (secondary N) is 2. The maximum atomic E-state index is 12.0. The molecule has 0 bridgehead atoms. The number of carbonyl (C=O) groups is 2. The molecule has 0 saturated heterocycles. The molecule has 4 nitrogen and oxygen atoms in total. The van der Waals surface area contributed by atoms with Gasteiger partial charge in [-0.25, -0.2) is 0 Å². The molecule has 0 fully saturated rings. The van der Waals surface area contributed by atoms with Gasteiger partial charge in [0.1, 0.15) is 0 Å². The highest BCUT2D eigenvalue weighted by atomic mass is 16.2. The first-order chi connectivity index (χ1) is 9.47. The molecule has 0 saturated carbocycles. The van der Waals surface area contributed by atoms with Gasteiger partial charge in [0.2, 0.25) is 11.8 Å². The smallest absolute Gasteiger partial charge is 0.227 e. The Hall–Kier alpha value is -1.84. The normalized spacial score (nSPS) is 10.7. The first-order valence-electron chi connectivity index (χ1n) is 7.19. The number of hydrogen-bond acceptors (Lipinski definition) is 2. The topological polar surface area (TPSA) is 58.2 Å². The Labute approximate surface area is 121 Å². The molecule has 2 amide bonds. The van der Waals surface area contributed by atoms with Crippen LogP contribution in [0.5, 0.6) is 0 Å². The van der Waals surface area contributed by atoms with E-state index in [4.69, 9.17) is 0 Å². The zero-order valence-electron chi connectivity index (χ0n) is 12.7. The third-order valence-corrected chi connectivity index (χ3v) is 3.28. The van der Waals surface area contributed by atoms with E-state index < -0.39 is 0 Å². The molecule has 0 aliphatic carbocycles. The zero-order valence-corrected chi connectivity index (χ0v) is 12.7. The van der Waals surface area contributed by atoms with Crippen molar-refractivity contribution >= 4 is 23.2 Å². The lowest BCUT2D eigenvalue weighted by Gasteiger charge is -2.14. The predicted molar refractivity (Wildman–Crippen MR) is 82.6 cm³/mol. The standard InChI is InChI=1S/C16H24N2O2/c1-5-12(6-2)16(20)18-14-9-7-8-13(10-14)17-15(19)11(3)4/h7-12H,5-6H2,1-4H3,(H,17,19)(H,18,20). The van der Waals surface area contributed by atoms with E-state index in [2.05, 4.69) is 10.6 Å². The van der Waals surface area contributed by atoms with Crippen molar-refractivity contribution in [3.8, 4) is 0 Å². The zero-order chi connectivity index (χ0) is 15.1. The second kappa shape index (κ2) is 7.68. The van der Waals surface area contributed by atoms with Gasteiger partial charge in [0.05, 0.1) is 0 Å². The summed E-state index contributed by atoms with van der Waals surface area (Å²) >= 11 is 0. The second-order valence-corrected chi connectivity index (χ2v) is 5.23. The molecule has 0 radical (unpaired) electrons. The summed E-state index contributed by atoms with van der Waals surface area (Å²) < 4.78 is 0. The van der Waals surface area contributed by atoms with E-state index in [0.717, 1.165) is 12.8 Å². The van der Waals surface area contributed by atoms with Crippen LogP contribution in [0.3, 0.4) is 0 Å². The van der Waals surface area contributed by atoms with E-state index in [9.17, 15) is 9.59 Å². The maximum Gasteiger partial charge on any atom is 0.227 e. The molecule has 0 aliphatic heterocycles. The second-order valence-electron chi connectivity index (χ2n) is 5.23. The van der Waals surface area contributed by atoms with Crippen molar-refractivity contribution in [2.24, 2.45) is 11.8 Å². The van der Waals surface area contributed by atoms with Gasteiger partial charge in [-0.05, 0) is 31.0 Å². The van der Waals surface area contributed by atoms with Crippen molar-refractivity contribution in [2.75, 3.05) is 10.6 Å². The van der Waals surface area contributed by atoms with Crippen LogP contribution in [0.1, 0.15) is 40.5 Å². The number of hydrogen-bond donors (Lipinski definition) is 2. The molecule has 0 atom stereocenters. The van der Waals surface area contributed by atoms with Crippen molar-refractivity contribution in [1.82, 2.24) is 0 Å². The minimum Gasteiger partial charge on any atom is -0.326 e. The lowest BCUT2D eigenvalue weighted by atomic mass is 10.0. The van der Waals surface area contributed by atoms with E-state index >= 15 is 0 Å². The molecular weight excluding hydrogens is 252 g/mol. The lowest BCUT2D eigenvalue weighted by Crippen LogP contribution is -2.22. The Morgan fingerprint density at radius 3 is 1.95 bits per heavy atom. The molecule has 1 aromatic rings. The minimum atomic E-state index is -0.0715. The summed E-state index contributed by atoms with van der Waals surface area (Å²) in [6, 6.07) is 7.23. The molecule has 0 aliphatic rings. The summed E-state index contributed by atoms with van der Waals surface area (Å²) in [6.07, 6.45) is 1.65. The molecule has 2 N–H and O–H groups in total. The van der Waals surface area contributed by atoms with Crippen LogP contribution in [0.2, 0.25) is 0 Å². The highest BCUT2D eigenvalue weighted by molar-refractivity contribution is 5.95. The molecule has 1 rings (SSSR count). The Morgan fingerprint density at radius 1 is 1.00 bits per heavy atom. The largest absolute Gasteiger partial charge is 0.326 e. The van der Waals surface area contributed by atoms with Gasteiger partial charge in [-0.3, -0.25) is 9.59 Å². The van der Waals surface area contributed by atoms with E-state index in [1.807, 2.05) is 45.9 Å². The van der Waals surface area contributed by atoms with Crippen molar-refractivity contribution < 1.29 is 9.59 Å². The van der Waals surface area contributed by atoms with Crippen molar-refractivity contribution in [1.29, 1.82) is 0 Å². The minimum absolute atomic E-state index is 0.0299. The van der Waals surface area contributed by atoms with Crippen LogP contribution >= 0.6 is 0 Å². The van der Waals surface area contributed by atoms with Gasteiger partial charge < -0.3 is 10.6 Å². The van der Waals surface area contributed by atoms with Crippen LogP contribution in [0, 0.1) is 11.8 Å². The molecule has 0 aromatic heterocycles. The average Bonchev–Trinajstić information content (AvgIpc) is 2.40. The predicted octanol–water partition coefficient (Wildman–Crippen LogP) is 3.66.